The van der Waals surface area contributed by atoms with Crippen molar-refractivity contribution in [3.63, 3.8) is 0 Å². The molecule has 0 nitrogen and oxygen atoms in total. The Bertz CT molecular complexity index is 1620. The molecule has 172 valence electrons. The normalized spacial score (nSPS) is 17.1. The van der Waals surface area contributed by atoms with Gasteiger partial charge < -0.3 is 0 Å². The van der Waals surface area contributed by atoms with Gasteiger partial charge in [-0.1, -0.05) is 127 Å². The lowest BCUT2D eigenvalue weighted by Gasteiger charge is -2.27. The molecule has 5 aromatic rings. The highest BCUT2D eigenvalue weighted by Gasteiger charge is 2.23. The molecule has 0 spiro atoms. The summed E-state index contributed by atoms with van der Waals surface area (Å²) in [5, 5.41) is 5.38. The summed E-state index contributed by atoms with van der Waals surface area (Å²) in [7, 11) is 0. The smallest absolute Gasteiger partial charge is 0.00264 e. The Balaban J connectivity index is 1.46. The van der Waals surface area contributed by atoms with Crippen LogP contribution in [-0.2, 0) is 0 Å². The van der Waals surface area contributed by atoms with Crippen LogP contribution in [0.1, 0.15) is 24.8 Å². The first-order valence-electron chi connectivity index (χ1n) is 13.0. The minimum absolute atomic E-state index is 0.679. The summed E-state index contributed by atoms with van der Waals surface area (Å²) in [5.74, 6) is 0.679. The number of benzene rings is 5. The Hall–Kier alpha value is -4.16. The second-order valence-corrected chi connectivity index (χ2v) is 10.0. The summed E-state index contributed by atoms with van der Waals surface area (Å²) in [4.78, 5) is 0. The van der Waals surface area contributed by atoms with Gasteiger partial charge >= 0.3 is 0 Å². The standard InChI is InChI=1S/C36H28/c1-2-10-25(11-3-1)27-18-21-28(22-19-27)35-31-14-6-8-16-33(31)36(34-17-9-7-15-32(34)35)30-23-20-26-12-4-5-13-29(26)24-30/h1-11,13-19,21-22,24,26H,12,20,23H2. The number of hydrogen-bond donors (Lipinski definition) is 0. The fourth-order valence-corrected chi connectivity index (χ4v) is 6.19. The van der Waals surface area contributed by atoms with E-state index in [-0.39, 0.29) is 0 Å². The van der Waals surface area contributed by atoms with E-state index in [0.717, 1.165) is 6.42 Å². The van der Waals surface area contributed by atoms with Crippen LogP contribution in [0.5, 0.6) is 0 Å². The van der Waals surface area contributed by atoms with Gasteiger partial charge in [-0.15, -0.1) is 0 Å². The topological polar surface area (TPSA) is 0 Å². The number of allylic oxidation sites excluding steroid dienone is 6. The molecule has 2 aliphatic carbocycles. The Labute approximate surface area is 212 Å². The van der Waals surface area contributed by atoms with Crippen LogP contribution in [0.3, 0.4) is 0 Å². The molecule has 0 aromatic heterocycles. The highest BCUT2D eigenvalue weighted by atomic mass is 14.3. The summed E-state index contributed by atoms with van der Waals surface area (Å²) >= 11 is 0. The highest BCUT2D eigenvalue weighted by molar-refractivity contribution is 6.18. The summed E-state index contributed by atoms with van der Waals surface area (Å²) < 4.78 is 0. The zero-order valence-electron chi connectivity index (χ0n) is 20.3. The van der Waals surface area contributed by atoms with Crippen LogP contribution in [-0.4, -0.2) is 0 Å². The van der Waals surface area contributed by atoms with Crippen LogP contribution in [0.15, 0.2) is 133 Å². The summed E-state index contributed by atoms with van der Waals surface area (Å²) in [6.45, 7) is 0. The Kier molecular flexibility index (Phi) is 5.17. The average molecular weight is 461 g/mol. The zero-order valence-corrected chi connectivity index (χ0v) is 20.3. The second-order valence-electron chi connectivity index (χ2n) is 10.0. The molecular formula is C36H28. The van der Waals surface area contributed by atoms with Crippen molar-refractivity contribution in [3.05, 3.63) is 139 Å². The molecule has 0 bridgehead atoms. The Morgan fingerprint density at radius 3 is 1.75 bits per heavy atom. The van der Waals surface area contributed by atoms with Gasteiger partial charge in [0.15, 0.2) is 0 Å². The Morgan fingerprint density at radius 2 is 1.08 bits per heavy atom. The maximum Gasteiger partial charge on any atom is -0.00264 e. The number of hydrogen-bond acceptors (Lipinski definition) is 0. The van der Waals surface area contributed by atoms with E-state index in [9.17, 15) is 0 Å². The summed E-state index contributed by atoms with van der Waals surface area (Å²) in [6, 6.07) is 37.7. The van der Waals surface area contributed by atoms with Gasteiger partial charge in [-0.3, -0.25) is 0 Å². The zero-order chi connectivity index (χ0) is 23.9. The predicted octanol–water partition coefficient (Wildman–Crippen LogP) is 10.0. The SMILES string of the molecule is C1=CCC2CCC(c3c4ccccc4c(-c4ccc(-c5ccccc5)cc4)c4ccccc34)=CC2=C1. The van der Waals surface area contributed by atoms with E-state index in [0.29, 0.717) is 5.92 Å². The minimum atomic E-state index is 0.679. The third-order valence-electron chi connectivity index (χ3n) is 7.95. The molecule has 1 atom stereocenters. The van der Waals surface area contributed by atoms with Crippen molar-refractivity contribution in [2.75, 3.05) is 0 Å². The van der Waals surface area contributed by atoms with Crippen LogP contribution in [0.25, 0.3) is 49.4 Å². The molecule has 36 heavy (non-hydrogen) atoms. The minimum Gasteiger partial charge on any atom is -0.0839 e. The molecule has 0 heteroatoms. The van der Waals surface area contributed by atoms with E-state index in [1.54, 1.807) is 0 Å². The molecule has 0 aliphatic heterocycles. The third-order valence-corrected chi connectivity index (χ3v) is 7.95. The fraction of sp³-hybridized carbons (Fsp3) is 0.111. The lowest BCUT2D eigenvalue weighted by Crippen LogP contribution is -2.10. The maximum atomic E-state index is 2.49. The molecule has 0 fully saturated rings. The van der Waals surface area contributed by atoms with Crippen molar-refractivity contribution in [3.8, 4) is 22.3 Å². The molecule has 0 radical (unpaired) electrons. The molecule has 1 unspecified atom stereocenters. The van der Waals surface area contributed by atoms with Crippen molar-refractivity contribution in [2.24, 2.45) is 5.92 Å². The van der Waals surface area contributed by atoms with Crippen LogP contribution in [0, 0.1) is 5.92 Å². The first-order valence-corrected chi connectivity index (χ1v) is 13.0. The fourth-order valence-electron chi connectivity index (χ4n) is 6.19. The van der Waals surface area contributed by atoms with Gasteiger partial charge in [0.05, 0.1) is 0 Å². The molecule has 5 aromatic carbocycles. The van der Waals surface area contributed by atoms with E-state index >= 15 is 0 Å². The number of rotatable bonds is 3. The van der Waals surface area contributed by atoms with Crippen LogP contribution >= 0.6 is 0 Å². The van der Waals surface area contributed by atoms with Crippen molar-refractivity contribution in [1.82, 2.24) is 0 Å². The molecule has 0 amide bonds. The van der Waals surface area contributed by atoms with E-state index in [2.05, 4.69) is 127 Å². The van der Waals surface area contributed by atoms with Gasteiger partial charge in [-0.25, -0.2) is 0 Å². The van der Waals surface area contributed by atoms with E-state index < -0.39 is 0 Å². The quantitative estimate of drug-likeness (QED) is 0.235. The van der Waals surface area contributed by atoms with Gasteiger partial charge in [-0.2, -0.15) is 0 Å². The Morgan fingerprint density at radius 1 is 0.528 bits per heavy atom. The predicted molar refractivity (Wildman–Crippen MR) is 155 cm³/mol. The van der Waals surface area contributed by atoms with Crippen molar-refractivity contribution < 1.29 is 0 Å². The van der Waals surface area contributed by atoms with Crippen molar-refractivity contribution >= 4 is 27.1 Å². The van der Waals surface area contributed by atoms with Gasteiger partial charge in [0, 0.05) is 0 Å². The van der Waals surface area contributed by atoms with Crippen LogP contribution in [0.2, 0.25) is 0 Å². The van der Waals surface area contributed by atoms with Gasteiger partial charge in [0.25, 0.3) is 0 Å². The summed E-state index contributed by atoms with van der Waals surface area (Å²) in [5.41, 5.74) is 9.49. The molecule has 7 rings (SSSR count). The number of fused-ring (bicyclic) bond motifs is 3. The van der Waals surface area contributed by atoms with Crippen LogP contribution < -0.4 is 0 Å². The van der Waals surface area contributed by atoms with E-state index in [1.807, 2.05) is 0 Å². The molecule has 0 saturated carbocycles. The third kappa shape index (κ3) is 3.53. The van der Waals surface area contributed by atoms with E-state index in [4.69, 9.17) is 0 Å². The second kappa shape index (κ2) is 8.81. The first kappa shape index (κ1) is 21.1. The lowest BCUT2D eigenvalue weighted by atomic mass is 9.77. The van der Waals surface area contributed by atoms with E-state index in [1.165, 1.54) is 73.4 Å². The lowest BCUT2D eigenvalue weighted by molar-refractivity contribution is 0.572. The maximum absolute atomic E-state index is 2.49. The first-order chi connectivity index (χ1) is 17.9. The molecule has 0 saturated heterocycles. The average Bonchev–Trinajstić information content (AvgIpc) is 2.96. The molecule has 0 heterocycles. The molecular weight excluding hydrogens is 432 g/mol. The van der Waals surface area contributed by atoms with Crippen molar-refractivity contribution in [2.45, 2.75) is 19.3 Å². The van der Waals surface area contributed by atoms with Gasteiger partial charge in [-0.05, 0) is 85.7 Å². The van der Waals surface area contributed by atoms with Gasteiger partial charge in [0.2, 0.25) is 0 Å². The monoisotopic (exact) mass is 460 g/mol. The van der Waals surface area contributed by atoms with Crippen LogP contribution in [0.4, 0.5) is 0 Å². The summed E-state index contributed by atoms with van der Waals surface area (Å²) in [6.07, 6.45) is 12.9. The largest absolute Gasteiger partial charge is 0.0839 e. The van der Waals surface area contributed by atoms with Gasteiger partial charge in [0.1, 0.15) is 0 Å². The molecule has 2 aliphatic rings. The van der Waals surface area contributed by atoms with Crippen molar-refractivity contribution in [1.29, 1.82) is 0 Å². The molecule has 0 N–H and O–H groups in total. The highest BCUT2D eigenvalue weighted by Crippen LogP contribution is 2.45.